The number of ether oxygens (including phenoxy) is 3. The van der Waals surface area contributed by atoms with Crippen LogP contribution in [-0.4, -0.2) is 69.6 Å². The monoisotopic (exact) mass is 763 g/mol. The highest BCUT2D eigenvalue weighted by Gasteiger charge is 2.31. The van der Waals surface area contributed by atoms with Gasteiger partial charge in [0.2, 0.25) is 6.29 Å². The standard InChI is InChI=1S/C40H46FN3O11/c1-26(2)37-36(39(48)42-31-14-8-5-9-15-31)35(28-12-6-4-7-13-28)38(29-16-18-30(41)19-17-29)43(37)21-20-32(45)24-33(46)25-34(47)52-22-10-11-23-53-40(49)54-27(3)55-44(50)51/h4-9,12-19,26-27,32-33,45-46H,10-11,20-25H2,1-3H3,(H,42,48)/t27?,32-,33-/m1/s1. The van der Waals surface area contributed by atoms with Crippen LogP contribution in [0.25, 0.3) is 22.4 Å². The van der Waals surface area contributed by atoms with Crippen LogP contribution >= 0.6 is 0 Å². The molecule has 0 saturated carbocycles. The van der Waals surface area contributed by atoms with Crippen molar-refractivity contribution in [1.29, 1.82) is 0 Å². The van der Waals surface area contributed by atoms with Crippen LogP contribution in [0.2, 0.25) is 0 Å². The van der Waals surface area contributed by atoms with Gasteiger partial charge in [0, 0.05) is 23.5 Å². The first-order valence-electron chi connectivity index (χ1n) is 17.9. The van der Waals surface area contributed by atoms with Crippen LogP contribution in [-0.2, 0) is 30.4 Å². The summed E-state index contributed by atoms with van der Waals surface area (Å²) >= 11 is 0. The van der Waals surface area contributed by atoms with Crippen LogP contribution in [0.5, 0.6) is 0 Å². The van der Waals surface area contributed by atoms with Crippen molar-refractivity contribution in [3.8, 4) is 22.4 Å². The van der Waals surface area contributed by atoms with E-state index in [1.807, 2.05) is 66.9 Å². The van der Waals surface area contributed by atoms with E-state index in [1.165, 1.54) is 12.1 Å². The average Bonchev–Trinajstić information content (AvgIpc) is 3.48. The summed E-state index contributed by atoms with van der Waals surface area (Å²) in [7, 11) is 0. The van der Waals surface area contributed by atoms with Crippen molar-refractivity contribution in [1.82, 2.24) is 4.57 Å². The Morgan fingerprint density at radius 3 is 2.09 bits per heavy atom. The third-order valence-corrected chi connectivity index (χ3v) is 8.44. The quantitative estimate of drug-likeness (QED) is 0.0270. The lowest BCUT2D eigenvalue weighted by Crippen LogP contribution is -2.24. The first kappa shape index (κ1) is 41.9. The summed E-state index contributed by atoms with van der Waals surface area (Å²) in [5.74, 6) is -1.58. The summed E-state index contributed by atoms with van der Waals surface area (Å²) in [6, 6.07) is 24.6. The molecule has 0 radical (unpaired) electrons. The van der Waals surface area contributed by atoms with Crippen molar-refractivity contribution in [3.63, 3.8) is 0 Å². The molecule has 3 N–H and O–H groups in total. The van der Waals surface area contributed by atoms with Gasteiger partial charge in [0.15, 0.2) is 0 Å². The van der Waals surface area contributed by atoms with E-state index in [-0.39, 0.29) is 50.8 Å². The van der Waals surface area contributed by atoms with Crippen molar-refractivity contribution in [2.24, 2.45) is 0 Å². The molecular formula is C40H46FN3O11. The second kappa shape index (κ2) is 20.6. The number of aliphatic hydroxyl groups excluding tert-OH is 2. The second-order valence-electron chi connectivity index (χ2n) is 13.1. The summed E-state index contributed by atoms with van der Waals surface area (Å²) in [4.78, 5) is 52.4. The Kier molecular flexibility index (Phi) is 15.7. The van der Waals surface area contributed by atoms with Gasteiger partial charge in [-0.1, -0.05) is 62.4 Å². The van der Waals surface area contributed by atoms with Gasteiger partial charge in [0.05, 0.1) is 43.1 Å². The molecular weight excluding hydrogens is 717 g/mol. The smallest absolute Gasteiger partial charge is 0.466 e. The molecule has 0 bridgehead atoms. The maximum absolute atomic E-state index is 14.2. The highest BCUT2D eigenvalue weighted by molar-refractivity contribution is 6.12. The van der Waals surface area contributed by atoms with Gasteiger partial charge in [0.1, 0.15) is 5.82 Å². The number of carbonyl (C=O) groups is 3. The van der Waals surface area contributed by atoms with Crippen molar-refractivity contribution >= 4 is 23.7 Å². The predicted octanol–water partition coefficient (Wildman–Crippen LogP) is 7.26. The molecule has 14 nitrogen and oxygen atoms in total. The summed E-state index contributed by atoms with van der Waals surface area (Å²) in [5, 5.41) is 33.9. The highest BCUT2D eigenvalue weighted by Crippen LogP contribution is 2.42. The van der Waals surface area contributed by atoms with Gasteiger partial charge in [0.25, 0.3) is 11.0 Å². The number of hydrogen-bond acceptors (Lipinski definition) is 11. The SMILES string of the molecule is CC(OC(=O)OCCCCOC(=O)C[C@H](O)C[C@H](O)CCn1c(-c2ccc(F)cc2)c(-c2ccccc2)c(C(=O)Nc2ccccc2)c1C(C)C)O[N+](=O)[O-]. The van der Waals surface area contributed by atoms with E-state index in [2.05, 4.69) is 14.9 Å². The number of halogens is 1. The van der Waals surface area contributed by atoms with Gasteiger partial charge < -0.3 is 34.3 Å². The van der Waals surface area contributed by atoms with E-state index in [0.717, 1.165) is 12.5 Å². The molecule has 294 valence electrons. The number of esters is 1. The molecule has 1 heterocycles. The lowest BCUT2D eigenvalue weighted by molar-refractivity contribution is -0.777. The zero-order valence-electron chi connectivity index (χ0n) is 30.9. The molecule has 4 aromatic rings. The maximum Gasteiger partial charge on any atom is 0.510 e. The molecule has 0 saturated heterocycles. The minimum atomic E-state index is -1.43. The van der Waals surface area contributed by atoms with Gasteiger partial charge in [-0.2, -0.15) is 0 Å². The number of aromatic nitrogens is 1. The van der Waals surface area contributed by atoms with Crippen molar-refractivity contribution < 1.29 is 53.1 Å². The molecule has 0 aliphatic carbocycles. The van der Waals surface area contributed by atoms with Crippen LogP contribution in [0.3, 0.4) is 0 Å². The van der Waals surface area contributed by atoms with Crippen molar-refractivity contribution in [2.45, 2.75) is 83.8 Å². The van der Waals surface area contributed by atoms with E-state index in [4.69, 9.17) is 9.47 Å². The molecule has 0 aliphatic heterocycles. The number of para-hydroxylation sites is 1. The van der Waals surface area contributed by atoms with E-state index in [0.29, 0.717) is 46.6 Å². The molecule has 1 aromatic heterocycles. The Morgan fingerprint density at radius 2 is 1.47 bits per heavy atom. The molecule has 0 spiro atoms. The van der Waals surface area contributed by atoms with Crippen molar-refractivity contribution in [2.75, 3.05) is 18.5 Å². The number of rotatable bonds is 20. The van der Waals surface area contributed by atoms with Crippen LogP contribution in [0.4, 0.5) is 14.9 Å². The Hall–Kier alpha value is -5.80. The minimum absolute atomic E-state index is 0.0188. The summed E-state index contributed by atoms with van der Waals surface area (Å²) in [6.07, 6.45) is -4.54. The molecule has 1 unspecified atom stereocenters. The minimum Gasteiger partial charge on any atom is -0.466 e. The lowest BCUT2D eigenvalue weighted by Gasteiger charge is -2.20. The van der Waals surface area contributed by atoms with Gasteiger partial charge in [-0.15, -0.1) is 10.1 Å². The zero-order chi connectivity index (χ0) is 39.9. The third-order valence-electron chi connectivity index (χ3n) is 8.44. The highest BCUT2D eigenvalue weighted by atomic mass is 19.1. The lowest BCUT2D eigenvalue weighted by atomic mass is 9.94. The normalized spacial score (nSPS) is 12.7. The molecule has 55 heavy (non-hydrogen) atoms. The van der Waals surface area contributed by atoms with Gasteiger partial charge in [-0.3, -0.25) is 14.4 Å². The number of amides is 1. The van der Waals surface area contributed by atoms with Crippen LogP contribution in [0.15, 0.2) is 84.9 Å². The Bertz CT molecular complexity index is 1870. The zero-order valence-corrected chi connectivity index (χ0v) is 30.9. The molecule has 1 amide bonds. The molecule has 15 heteroatoms. The molecule has 3 aromatic carbocycles. The number of benzene rings is 3. The van der Waals surface area contributed by atoms with E-state index in [1.54, 1.807) is 24.3 Å². The summed E-state index contributed by atoms with van der Waals surface area (Å²) in [5.41, 5.74) is 4.55. The van der Waals surface area contributed by atoms with Crippen LogP contribution < -0.4 is 5.32 Å². The topological polar surface area (TPSA) is 189 Å². The average molecular weight is 764 g/mol. The fraction of sp³-hybridized carbons (Fsp3) is 0.375. The Morgan fingerprint density at radius 1 is 0.855 bits per heavy atom. The third kappa shape index (κ3) is 12.6. The van der Waals surface area contributed by atoms with Crippen LogP contribution in [0, 0.1) is 15.9 Å². The predicted molar refractivity (Wildman–Crippen MR) is 200 cm³/mol. The molecule has 0 fully saturated rings. The summed E-state index contributed by atoms with van der Waals surface area (Å²) < 4.78 is 30.6. The van der Waals surface area contributed by atoms with Crippen molar-refractivity contribution in [3.05, 3.63) is 112 Å². The van der Waals surface area contributed by atoms with Crippen LogP contribution in [0.1, 0.15) is 74.8 Å². The number of hydrogen-bond donors (Lipinski definition) is 3. The molecule has 3 atom stereocenters. The largest absolute Gasteiger partial charge is 0.510 e. The fourth-order valence-electron chi connectivity index (χ4n) is 6.11. The van der Waals surface area contributed by atoms with E-state index < -0.39 is 41.5 Å². The first-order valence-corrected chi connectivity index (χ1v) is 17.9. The van der Waals surface area contributed by atoms with E-state index in [9.17, 15) is 39.1 Å². The number of anilines is 1. The molecule has 4 rings (SSSR count). The van der Waals surface area contributed by atoms with E-state index >= 15 is 0 Å². The second-order valence-corrected chi connectivity index (χ2v) is 13.1. The number of aliphatic hydroxyl groups is 2. The Balaban J connectivity index is 1.44. The number of carbonyl (C=O) groups excluding carboxylic acids is 3. The Labute approximate surface area is 317 Å². The number of nitrogens with zero attached hydrogens (tertiary/aromatic N) is 2. The molecule has 0 aliphatic rings. The number of nitrogens with one attached hydrogen (secondary N) is 1. The number of unbranched alkanes of at least 4 members (excludes halogenated alkanes) is 1. The van der Waals surface area contributed by atoms with Gasteiger partial charge in [-0.05, 0) is 86.1 Å². The summed E-state index contributed by atoms with van der Waals surface area (Å²) in [6.45, 7) is 5.22. The van der Waals surface area contributed by atoms with Gasteiger partial charge >= 0.3 is 12.1 Å². The fourth-order valence-corrected chi connectivity index (χ4v) is 6.11. The van der Waals surface area contributed by atoms with Gasteiger partial charge in [-0.25, -0.2) is 9.18 Å². The maximum atomic E-state index is 14.2. The first-order chi connectivity index (χ1) is 26.3.